The number of anilines is 1. The molecule has 0 saturated heterocycles. The number of para-hydroxylation sites is 1. The topological polar surface area (TPSA) is 111 Å². The maximum atomic E-state index is 13.7. The number of hydrogen-bond donors (Lipinski definition) is 1. The maximum absolute atomic E-state index is 13.7. The smallest absolute Gasteiger partial charge is 0.273 e. The molecule has 0 aliphatic rings. The fraction of sp³-hybridized carbons (Fsp3) is 0.214. The first-order valence-corrected chi connectivity index (χ1v) is 12.8. The van der Waals surface area contributed by atoms with Crippen molar-refractivity contribution < 1.29 is 9.59 Å². The number of rotatable bonds is 7. The summed E-state index contributed by atoms with van der Waals surface area (Å²) in [6, 6.07) is 15.9. The zero-order valence-electron chi connectivity index (χ0n) is 22.0. The first-order chi connectivity index (χ1) is 18.7. The van der Waals surface area contributed by atoms with Crippen LogP contribution in [0, 0.1) is 6.92 Å². The number of hydrogen-bond acceptors (Lipinski definition) is 6. The van der Waals surface area contributed by atoms with Gasteiger partial charge in [-0.1, -0.05) is 29.8 Å². The van der Waals surface area contributed by atoms with Crippen LogP contribution in [0.2, 0.25) is 5.02 Å². The summed E-state index contributed by atoms with van der Waals surface area (Å²) >= 11 is 6.27. The molecule has 0 aliphatic heterocycles. The van der Waals surface area contributed by atoms with Crippen molar-refractivity contribution in [1.82, 2.24) is 34.4 Å². The van der Waals surface area contributed by atoms with Gasteiger partial charge in [-0.15, -0.1) is 0 Å². The number of carbonyl (C=O) groups excluding carboxylic acids is 2. The molecule has 5 aromatic rings. The molecule has 0 radical (unpaired) electrons. The first-order valence-electron chi connectivity index (χ1n) is 12.4. The maximum Gasteiger partial charge on any atom is 0.273 e. The van der Waals surface area contributed by atoms with E-state index in [1.165, 1.54) is 4.68 Å². The van der Waals surface area contributed by atoms with E-state index in [4.69, 9.17) is 11.6 Å². The lowest BCUT2D eigenvalue weighted by atomic mass is 10.1. The molecule has 3 aromatic heterocycles. The van der Waals surface area contributed by atoms with Gasteiger partial charge >= 0.3 is 0 Å². The summed E-state index contributed by atoms with van der Waals surface area (Å²) < 4.78 is 3.35. The third kappa shape index (κ3) is 5.23. The van der Waals surface area contributed by atoms with E-state index in [1.807, 2.05) is 36.7 Å². The van der Waals surface area contributed by atoms with Crippen molar-refractivity contribution >= 4 is 40.0 Å². The lowest BCUT2D eigenvalue weighted by molar-refractivity contribution is 0.0781. The molecule has 0 fully saturated rings. The second-order valence-electron chi connectivity index (χ2n) is 9.15. The molecule has 0 unspecified atom stereocenters. The largest absolute Gasteiger partial charge is 0.336 e. The molecule has 39 heavy (non-hydrogen) atoms. The molecule has 1 N–H and O–H groups in total. The predicted octanol–water partition coefficient (Wildman–Crippen LogP) is 4.73. The van der Waals surface area contributed by atoms with Gasteiger partial charge in [0.1, 0.15) is 17.1 Å². The van der Waals surface area contributed by atoms with Crippen molar-refractivity contribution in [3.63, 3.8) is 0 Å². The fourth-order valence-electron chi connectivity index (χ4n) is 4.35. The number of fused-ring (bicyclic) bond motifs is 1. The third-order valence-electron chi connectivity index (χ3n) is 6.49. The predicted molar refractivity (Wildman–Crippen MR) is 150 cm³/mol. The van der Waals surface area contributed by atoms with Crippen LogP contribution in [0.4, 0.5) is 5.69 Å². The number of aromatic nitrogens is 6. The Kier molecular flexibility index (Phi) is 7.12. The standard InChI is InChI=1S/C28H27ClN8O2/c1-5-37-17(2)18(15-30-37)16-35(3)28(39)25-21-13-19(29)11-12-22(21)32-26(33-25)23-14-24(36(4)34-23)27(38)31-20-9-7-6-8-10-20/h6-15H,5,16H2,1-4H3,(H,31,38). The normalized spacial score (nSPS) is 11.1. The average Bonchev–Trinajstić information content (AvgIpc) is 3.50. The highest BCUT2D eigenvalue weighted by molar-refractivity contribution is 6.31. The molecule has 3 heterocycles. The summed E-state index contributed by atoms with van der Waals surface area (Å²) in [6.45, 7) is 5.11. The van der Waals surface area contributed by atoms with Gasteiger partial charge in [-0.3, -0.25) is 19.0 Å². The minimum Gasteiger partial charge on any atom is -0.336 e. The zero-order chi connectivity index (χ0) is 27.7. The molecule has 2 aromatic carbocycles. The van der Waals surface area contributed by atoms with Crippen LogP contribution in [0.5, 0.6) is 0 Å². The summed E-state index contributed by atoms with van der Waals surface area (Å²) in [5.74, 6) is -0.396. The third-order valence-corrected chi connectivity index (χ3v) is 6.73. The van der Waals surface area contributed by atoms with Crippen molar-refractivity contribution in [2.45, 2.75) is 26.9 Å². The molecule has 0 saturated carbocycles. The van der Waals surface area contributed by atoms with Crippen molar-refractivity contribution in [2.24, 2.45) is 7.05 Å². The Morgan fingerprint density at radius 3 is 2.56 bits per heavy atom. The van der Waals surface area contributed by atoms with Gasteiger partial charge in [-0.05, 0) is 44.2 Å². The molecule has 10 nitrogen and oxygen atoms in total. The van der Waals surface area contributed by atoms with Crippen LogP contribution in [-0.4, -0.2) is 53.3 Å². The van der Waals surface area contributed by atoms with E-state index >= 15 is 0 Å². The van der Waals surface area contributed by atoms with Crippen LogP contribution in [0.1, 0.15) is 39.2 Å². The van der Waals surface area contributed by atoms with Gasteiger partial charge in [0.2, 0.25) is 0 Å². The van der Waals surface area contributed by atoms with Crippen molar-refractivity contribution in [2.75, 3.05) is 12.4 Å². The summed E-state index contributed by atoms with van der Waals surface area (Å²) in [4.78, 5) is 37.5. The molecule has 0 bridgehead atoms. The first kappa shape index (κ1) is 26.1. The Hall–Kier alpha value is -4.57. The number of nitrogens with one attached hydrogen (secondary N) is 1. The summed E-state index contributed by atoms with van der Waals surface area (Å²) in [7, 11) is 3.39. The second-order valence-corrected chi connectivity index (χ2v) is 9.58. The van der Waals surface area contributed by atoms with Crippen LogP contribution in [0.3, 0.4) is 0 Å². The molecule has 5 rings (SSSR count). The van der Waals surface area contributed by atoms with Gasteiger partial charge in [0.05, 0.1) is 11.7 Å². The van der Waals surface area contributed by atoms with Gasteiger partial charge in [-0.2, -0.15) is 10.2 Å². The molecular weight excluding hydrogens is 516 g/mol. The highest BCUT2D eigenvalue weighted by Gasteiger charge is 2.23. The molecule has 0 atom stereocenters. The van der Waals surface area contributed by atoms with E-state index in [9.17, 15) is 9.59 Å². The Labute approximate surface area is 230 Å². The Morgan fingerprint density at radius 2 is 1.85 bits per heavy atom. The number of aryl methyl sites for hydroxylation is 2. The molecule has 0 aliphatic carbocycles. The van der Waals surface area contributed by atoms with Gasteiger partial charge in [0, 0.05) is 60.6 Å². The Morgan fingerprint density at radius 1 is 1.08 bits per heavy atom. The number of benzene rings is 2. The number of halogens is 1. The van der Waals surface area contributed by atoms with Gasteiger partial charge in [0.15, 0.2) is 5.82 Å². The van der Waals surface area contributed by atoms with Crippen LogP contribution < -0.4 is 5.32 Å². The Bertz CT molecular complexity index is 1690. The molecule has 11 heteroatoms. The van der Waals surface area contributed by atoms with Crippen LogP contribution >= 0.6 is 11.6 Å². The van der Waals surface area contributed by atoms with Crippen LogP contribution in [-0.2, 0) is 20.1 Å². The van der Waals surface area contributed by atoms with Gasteiger partial charge in [0.25, 0.3) is 11.8 Å². The van der Waals surface area contributed by atoms with Crippen molar-refractivity contribution in [1.29, 1.82) is 0 Å². The van der Waals surface area contributed by atoms with E-state index in [-0.39, 0.29) is 23.3 Å². The second kappa shape index (κ2) is 10.7. The van der Waals surface area contributed by atoms with Crippen LogP contribution in [0.25, 0.3) is 22.4 Å². The quantitative estimate of drug-likeness (QED) is 0.318. The van der Waals surface area contributed by atoms with E-state index in [1.54, 1.807) is 61.6 Å². The van der Waals surface area contributed by atoms with Crippen LogP contribution in [0.15, 0.2) is 60.8 Å². The highest BCUT2D eigenvalue weighted by atomic mass is 35.5. The SMILES string of the molecule is CCn1ncc(CN(C)C(=O)c2nc(-c3cc(C(=O)Nc4ccccc4)n(C)n3)nc3ccc(Cl)cc23)c1C. The molecule has 0 spiro atoms. The van der Waals surface area contributed by atoms with E-state index in [2.05, 4.69) is 25.5 Å². The van der Waals surface area contributed by atoms with E-state index in [0.29, 0.717) is 39.5 Å². The van der Waals surface area contributed by atoms with Crippen molar-refractivity contribution in [3.05, 3.63) is 88.5 Å². The average molecular weight is 543 g/mol. The van der Waals surface area contributed by atoms with Crippen molar-refractivity contribution in [3.8, 4) is 11.5 Å². The number of carbonyl (C=O) groups is 2. The molecular formula is C28H27ClN8O2. The summed E-state index contributed by atoms with van der Waals surface area (Å²) in [5.41, 5.74) is 4.04. The van der Waals surface area contributed by atoms with E-state index < -0.39 is 0 Å². The Balaban J connectivity index is 1.51. The highest BCUT2D eigenvalue weighted by Crippen LogP contribution is 2.26. The van der Waals surface area contributed by atoms with E-state index in [0.717, 1.165) is 17.8 Å². The summed E-state index contributed by atoms with van der Waals surface area (Å²) in [6.07, 6.45) is 1.78. The monoisotopic (exact) mass is 542 g/mol. The van der Waals surface area contributed by atoms with Gasteiger partial charge < -0.3 is 10.2 Å². The minimum absolute atomic E-state index is 0.196. The fourth-order valence-corrected chi connectivity index (χ4v) is 4.52. The van der Waals surface area contributed by atoms with Gasteiger partial charge in [-0.25, -0.2) is 9.97 Å². The number of nitrogens with zero attached hydrogens (tertiary/aromatic N) is 7. The molecule has 198 valence electrons. The lowest BCUT2D eigenvalue weighted by Crippen LogP contribution is -2.27. The number of amides is 2. The minimum atomic E-state index is -0.325. The molecule has 2 amide bonds. The summed E-state index contributed by atoms with van der Waals surface area (Å²) in [5, 5.41) is 12.7. The lowest BCUT2D eigenvalue weighted by Gasteiger charge is -2.18. The zero-order valence-corrected chi connectivity index (χ0v) is 22.8.